The molecule has 1 saturated heterocycles. The summed E-state index contributed by atoms with van der Waals surface area (Å²) in [7, 11) is 4.51. The van der Waals surface area contributed by atoms with Crippen molar-refractivity contribution in [1.82, 2.24) is 0 Å². The van der Waals surface area contributed by atoms with Crippen molar-refractivity contribution in [3.63, 3.8) is 0 Å². The summed E-state index contributed by atoms with van der Waals surface area (Å²) in [6, 6.07) is 11.0. The fraction of sp³-hybridized carbons (Fsp3) is 0.519. The highest BCUT2D eigenvalue weighted by Crippen LogP contribution is 2.39. The number of ether oxygens (including phenoxy) is 6. The van der Waals surface area contributed by atoms with Gasteiger partial charge in [0.15, 0.2) is 17.8 Å². The molecule has 1 fully saturated rings. The van der Waals surface area contributed by atoms with E-state index >= 15 is 0 Å². The van der Waals surface area contributed by atoms with Crippen molar-refractivity contribution in [2.24, 2.45) is 0 Å². The topological polar surface area (TPSA) is 133 Å². The number of hydrogen-bond donors (Lipinski definition) is 3. The lowest BCUT2D eigenvalue weighted by molar-refractivity contribution is -0.248. The van der Waals surface area contributed by atoms with E-state index in [2.05, 4.69) is 0 Å². The Morgan fingerprint density at radius 1 is 1.08 bits per heavy atom. The minimum Gasteiger partial charge on any atom is -0.493 e. The van der Waals surface area contributed by atoms with Gasteiger partial charge in [-0.3, -0.25) is 4.79 Å². The van der Waals surface area contributed by atoms with Crippen molar-refractivity contribution < 1.29 is 48.5 Å². The molecule has 0 saturated carbocycles. The molecule has 0 radical (unpaired) electrons. The molecule has 0 bridgehead atoms. The second-order valence-corrected chi connectivity index (χ2v) is 10.4. The maximum Gasteiger partial charge on any atom is 0.222 e. The Bertz CT molecular complexity index is 1010. The standard InChI is InChI=1S/C20H23IO5.C7H14O5/c1-20(2,3)26-15-8-6-7-13(9-15)12-25-18-16(23-4)10-14(19(21)22)11-17(18)24-5;1-11-6-2-4(9)7(10)5(3-8)12-6/h6-11H,12H2,1-5H3;4-10H,2-3H2,1H3/t;4-,5-,6+,7+/m.1/s1. The van der Waals surface area contributed by atoms with Crippen LogP contribution < -0.4 is 18.9 Å². The lowest BCUT2D eigenvalue weighted by atomic mass is 10.0. The van der Waals surface area contributed by atoms with Crippen LogP contribution in [0, 0.1) is 0 Å². The summed E-state index contributed by atoms with van der Waals surface area (Å²) >= 11 is 1.73. The van der Waals surface area contributed by atoms with Crippen LogP contribution in [0.1, 0.15) is 43.1 Å². The second kappa shape index (κ2) is 14.8. The summed E-state index contributed by atoms with van der Waals surface area (Å²) in [6.07, 6.45) is -2.98. The van der Waals surface area contributed by atoms with Crippen LogP contribution in [0.25, 0.3) is 0 Å². The van der Waals surface area contributed by atoms with Crippen LogP contribution in [0.5, 0.6) is 23.0 Å². The fourth-order valence-electron chi connectivity index (χ4n) is 3.56. The average Bonchev–Trinajstić information content (AvgIpc) is 2.87. The minimum absolute atomic E-state index is 0.0993. The molecule has 11 heteroatoms. The molecule has 2 aromatic rings. The summed E-state index contributed by atoms with van der Waals surface area (Å²) < 4.78 is 32.4. The molecular weight excluding hydrogens is 611 g/mol. The molecule has 4 atom stereocenters. The van der Waals surface area contributed by atoms with Crippen LogP contribution in [0.3, 0.4) is 0 Å². The maximum atomic E-state index is 11.6. The number of hydrogen-bond acceptors (Lipinski definition) is 10. The Morgan fingerprint density at radius 2 is 1.71 bits per heavy atom. The van der Waals surface area contributed by atoms with E-state index in [0.717, 1.165) is 11.3 Å². The van der Waals surface area contributed by atoms with Gasteiger partial charge in [0.2, 0.25) is 9.54 Å². The lowest BCUT2D eigenvalue weighted by Gasteiger charge is -2.35. The highest BCUT2D eigenvalue weighted by atomic mass is 127. The molecule has 0 unspecified atom stereocenters. The van der Waals surface area contributed by atoms with E-state index in [0.29, 0.717) is 29.4 Å². The van der Waals surface area contributed by atoms with Crippen molar-refractivity contribution in [2.75, 3.05) is 27.9 Å². The first-order valence-electron chi connectivity index (χ1n) is 11.9. The van der Waals surface area contributed by atoms with Crippen molar-refractivity contribution in [3.8, 4) is 23.0 Å². The lowest BCUT2D eigenvalue weighted by Crippen LogP contribution is -2.50. The minimum atomic E-state index is -1.03. The molecule has 0 spiro atoms. The number of halogens is 1. The number of benzene rings is 2. The summed E-state index contributed by atoms with van der Waals surface area (Å²) in [5.74, 6) is 2.14. The van der Waals surface area contributed by atoms with E-state index in [-0.39, 0.29) is 22.4 Å². The highest BCUT2D eigenvalue weighted by Gasteiger charge is 2.36. The zero-order valence-electron chi connectivity index (χ0n) is 22.5. The van der Waals surface area contributed by atoms with Gasteiger partial charge in [-0.15, -0.1) is 0 Å². The molecule has 0 amide bonds. The van der Waals surface area contributed by atoms with Crippen molar-refractivity contribution >= 4 is 26.4 Å². The molecule has 38 heavy (non-hydrogen) atoms. The summed E-state index contributed by atoms with van der Waals surface area (Å²) in [5.41, 5.74) is 1.17. The van der Waals surface area contributed by atoms with Gasteiger partial charge in [0, 0.05) is 41.7 Å². The zero-order valence-corrected chi connectivity index (χ0v) is 24.6. The molecule has 2 aromatic carbocycles. The molecule has 0 aliphatic carbocycles. The number of rotatable bonds is 9. The summed E-state index contributed by atoms with van der Waals surface area (Å²) in [5, 5.41) is 27.3. The van der Waals surface area contributed by atoms with Crippen molar-refractivity contribution in [2.45, 2.75) is 64.0 Å². The predicted molar refractivity (Wildman–Crippen MR) is 148 cm³/mol. The van der Waals surface area contributed by atoms with E-state index in [4.69, 9.17) is 33.5 Å². The van der Waals surface area contributed by atoms with E-state index in [1.54, 1.807) is 34.7 Å². The Labute approximate surface area is 236 Å². The Kier molecular flexibility index (Phi) is 12.5. The van der Waals surface area contributed by atoms with Gasteiger partial charge in [-0.1, -0.05) is 12.1 Å². The van der Waals surface area contributed by atoms with Crippen LogP contribution in [0.4, 0.5) is 0 Å². The van der Waals surface area contributed by atoms with Gasteiger partial charge in [-0.05, 0) is 50.6 Å². The monoisotopic (exact) mass is 648 g/mol. The number of aliphatic hydroxyl groups is 3. The zero-order chi connectivity index (χ0) is 28.5. The molecule has 1 heterocycles. The molecule has 0 aromatic heterocycles. The Morgan fingerprint density at radius 3 is 2.21 bits per heavy atom. The summed E-state index contributed by atoms with van der Waals surface area (Å²) in [6.45, 7) is 6.00. The number of aliphatic hydroxyl groups excluding tert-OH is 3. The third kappa shape index (κ3) is 9.54. The van der Waals surface area contributed by atoms with Crippen molar-refractivity contribution in [3.05, 3.63) is 47.5 Å². The second-order valence-electron chi connectivity index (χ2n) is 9.45. The number of carbonyl (C=O) groups excluding carboxylic acids is 1. The smallest absolute Gasteiger partial charge is 0.222 e. The Balaban J connectivity index is 0.000000352. The molecule has 1 aliphatic rings. The SMILES string of the molecule is CO[C@@H]1C[C@@H](O)[C@H](O)[C@@H](CO)O1.COc1cc(C(=O)I)cc(OC)c1OCc1cccc(OC(C)(C)C)c1. The van der Waals surface area contributed by atoms with E-state index < -0.39 is 24.6 Å². The van der Waals surface area contributed by atoms with E-state index in [1.807, 2.05) is 45.0 Å². The third-order valence-corrected chi connectivity index (χ3v) is 5.99. The van der Waals surface area contributed by atoms with Crippen LogP contribution in [0.15, 0.2) is 36.4 Å². The van der Waals surface area contributed by atoms with Gasteiger partial charge in [-0.25, -0.2) is 0 Å². The molecule has 3 N–H and O–H groups in total. The van der Waals surface area contributed by atoms with Gasteiger partial charge in [-0.2, -0.15) is 0 Å². The summed E-state index contributed by atoms with van der Waals surface area (Å²) in [4.78, 5) is 11.6. The van der Waals surface area contributed by atoms with Gasteiger partial charge in [0.25, 0.3) is 0 Å². The van der Waals surface area contributed by atoms with E-state index in [9.17, 15) is 15.0 Å². The maximum absolute atomic E-state index is 11.6. The first kappa shape index (κ1) is 32.1. The first-order chi connectivity index (χ1) is 17.9. The van der Waals surface area contributed by atoms with Gasteiger partial charge >= 0.3 is 0 Å². The first-order valence-corrected chi connectivity index (χ1v) is 13.0. The highest BCUT2D eigenvalue weighted by molar-refractivity contribution is 14.1. The van der Waals surface area contributed by atoms with Gasteiger partial charge in [0.05, 0.1) is 26.9 Å². The predicted octanol–water partition coefficient (Wildman–Crippen LogP) is 3.50. The average molecular weight is 648 g/mol. The molecule has 10 nitrogen and oxygen atoms in total. The number of methoxy groups -OCH3 is 3. The van der Waals surface area contributed by atoms with Gasteiger partial charge in [0.1, 0.15) is 30.2 Å². The normalized spacial score (nSPS) is 21.1. The Hall–Kier alpha value is -2.16. The molecule has 212 valence electrons. The van der Waals surface area contributed by atoms with Crippen LogP contribution in [-0.2, 0) is 16.1 Å². The molecule has 1 aliphatic heterocycles. The van der Waals surface area contributed by atoms with Crippen LogP contribution in [0.2, 0.25) is 0 Å². The van der Waals surface area contributed by atoms with Crippen LogP contribution >= 0.6 is 22.6 Å². The van der Waals surface area contributed by atoms with Crippen LogP contribution in [-0.4, -0.2) is 77.2 Å². The fourth-order valence-corrected chi connectivity index (χ4v) is 3.87. The van der Waals surface area contributed by atoms with Crippen molar-refractivity contribution in [1.29, 1.82) is 0 Å². The van der Waals surface area contributed by atoms with E-state index in [1.165, 1.54) is 21.3 Å². The largest absolute Gasteiger partial charge is 0.493 e. The molecular formula is C27H37IO10. The third-order valence-electron chi connectivity index (χ3n) is 5.37. The van der Waals surface area contributed by atoms with Gasteiger partial charge < -0.3 is 43.7 Å². The quantitative estimate of drug-likeness (QED) is 0.274. The number of carbonyl (C=O) groups is 1. The molecule has 3 rings (SSSR count).